The van der Waals surface area contributed by atoms with Gasteiger partial charge in [0, 0.05) is 23.9 Å². The van der Waals surface area contributed by atoms with Gasteiger partial charge in [-0.05, 0) is 30.0 Å². The first kappa shape index (κ1) is 13.7. The lowest BCUT2D eigenvalue weighted by Gasteiger charge is -2.06. The number of rotatable bonds is 3. The van der Waals surface area contributed by atoms with Gasteiger partial charge < -0.3 is 5.73 Å². The van der Waals surface area contributed by atoms with Crippen molar-refractivity contribution in [3.8, 4) is 0 Å². The lowest BCUT2D eigenvalue weighted by atomic mass is 10.3. The summed E-state index contributed by atoms with van der Waals surface area (Å²) >= 11 is 1.18. The zero-order valence-electron chi connectivity index (χ0n) is 10.2. The Hall–Kier alpha value is -1.74. The van der Waals surface area contributed by atoms with Crippen LogP contribution < -0.4 is 11.4 Å². The van der Waals surface area contributed by atoms with Gasteiger partial charge in [-0.2, -0.15) is 0 Å². The molecule has 0 aliphatic heterocycles. The summed E-state index contributed by atoms with van der Waals surface area (Å²) in [5, 5.41) is 6.60. The van der Waals surface area contributed by atoms with Crippen molar-refractivity contribution in [2.45, 2.75) is 14.9 Å². The Morgan fingerprint density at radius 1 is 1.42 bits per heavy atom. The molecule has 0 amide bonds. The minimum Gasteiger partial charge on any atom is -0.398 e. The van der Waals surface area contributed by atoms with Gasteiger partial charge in [-0.25, -0.2) is 18.3 Å². The third kappa shape index (κ3) is 2.82. The molecule has 0 fully saturated rings. The Bertz CT molecular complexity index is 776. The molecule has 0 saturated carbocycles. The van der Waals surface area contributed by atoms with E-state index in [0.29, 0.717) is 15.7 Å². The zero-order chi connectivity index (χ0) is 14.2. The Morgan fingerprint density at radius 2 is 2.11 bits per heavy atom. The van der Waals surface area contributed by atoms with E-state index in [2.05, 4.69) is 10.2 Å². The molecule has 1 aromatic carbocycles. The number of anilines is 1. The van der Waals surface area contributed by atoms with Gasteiger partial charge in [0.25, 0.3) is 0 Å². The van der Waals surface area contributed by atoms with E-state index in [-0.39, 0.29) is 10.6 Å². The van der Waals surface area contributed by atoms with Gasteiger partial charge in [-0.15, -0.1) is 5.10 Å². The molecule has 19 heavy (non-hydrogen) atoms. The van der Waals surface area contributed by atoms with E-state index in [1.807, 2.05) is 0 Å². The topological polar surface area (TPSA) is 111 Å². The van der Waals surface area contributed by atoms with Crippen molar-refractivity contribution in [2.24, 2.45) is 7.05 Å². The molecule has 0 saturated heterocycles. The Kier molecular flexibility index (Phi) is 3.42. The summed E-state index contributed by atoms with van der Waals surface area (Å²) in [6, 6.07) is 4.46. The van der Waals surface area contributed by atoms with Gasteiger partial charge in [-0.3, -0.25) is 4.57 Å². The van der Waals surface area contributed by atoms with Crippen molar-refractivity contribution in [1.82, 2.24) is 14.8 Å². The van der Waals surface area contributed by atoms with Crippen LogP contribution in [0.4, 0.5) is 5.69 Å². The Labute approximate surface area is 113 Å². The average molecular weight is 300 g/mol. The quantitative estimate of drug-likeness (QED) is 0.786. The van der Waals surface area contributed by atoms with Gasteiger partial charge in [0.05, 0.1) is 4.90 Å². The summed E-state index contributed by atoms with van der Waals surface area (Å²) in [4.78, 5) is 12.0. The van der Waals surface area contributed by atoms with Crippen LogP contribution in [0.15, 0.2) is 37.9 Å². The van der Waals surface area contributed by atoms with E-state index in [1.165, 1.54) is 28.5 Å². The van der Waals surface area contributed by atoms with Gasteiger partial charge >= 0.3 is 5.69 Å². The number of hydrogen-bond acceptors (Lipinski definition) is 6. The second-order valence-electron chi connectivity index (χ2n) is 3.94. The normalized spacial score (nSPS) is 11.7. The first-order valence-corrected chi connectivity index (χ1v) is 7.88. The van der Waals surface area contributed by atoms with Crippen LogP contribution in [0.3, 0.4) is 0 Å². The van der Waals surface area contributed by atoms with Crippen LogP contribution in [-0.4, -0.2) is 29.4 Å². The maximum atomic E-state index is 11.4. The summed E-state index contributed by atoms with van der Waals surface area (Å²) in [6.45, 7) is 0. The molecule has 0 bridgehead atoms. The lowest BCUT2D eigenvalue weighted by molar-refractivity contribution is 0.602. The number of aromatic nitrogens is 3. The maximum Gasteiger partial charge on any atom is 0.343 e. The van der Waals surface area contributed by atoms with E-state index < -0.39 is 9.84 Å². The van der Waals surface area contributed by atoms with E-state index in [1.54, 1.807) is 13.1 Å². The summed E-state index contributed by atoms with van der Waals surface area (Å²) in [7, 11) is -1.71. The number of nitrogens with zero attached hydrogens (tertiary/aromatic N) is 2. The highest BCUT2D eigenvalue weighted by Gasteiger charge is 2.12. The predicted molar refractivity (Wildman–Crippen MR) is 71.9 cm³/mol. The number of benzene rings is 1. The molecule has 102 valence electrons. The molecule has 3 N–H and O–H groups in total. The number of hydrogen-bond donors (Lipinski definition) is 2. The minimum absolute atomic E-state index is 0.158. The SMILES string of the molecule is Cn1c(Sc2ccc(S(C)(=O)=O)cc2N)n[nH]c1=O. The third-order valence-electron chi connectivity index (χ3n) is 2.45. The summed E-state index contributed by atoms with van der Waals surface area (Å²) in [5.41, 5.74) is 5.81. The molecule has 7 nitrogen and oxygen atoms in total. The number of aromatic amines is 1. The van der Waals surface area contributed by atoms with Crippen LogP contribution in [0, 0.1) is 0 Å². The zero-order valence-corrected chi connectivity index (χ0v) is 11.9. The molecule has 1 heterocycles. The van der Waals surface area contributed by atoms with Gasteiger partial charge in [0.15, 0.2) is 15.0 Å². The largest absolute Gasteiger partial charge is 0.398 e. The van der Waals surface area contributed by atoms with Crippen molar-refractivity contribution < 1.29 is 8.42 Å². The minimum atomic E-state index is -3.29. The Balaban J connectivity index is 2.38. The molecule has 0 aliphatic carbocycles. The van der Waals surface area contributed by atoms with E-state index in [4.69, 9.17) is 5.73 Å². The number of nitrogens with one attached hydrogen (secondary N) is 1. The van der Waals surface area contributed by atoms with Crippen LogP contribution in [0.1, 0.15) is 0 Å². The molecule has 1 aromatic heterocycles. The van der Waals surface area contributed by atoms with E-state index in [9.17, 15) is 13.2 Å². The molecule has 0 aliphatic rings. The smallest absolute Gasteiger partial charge is 0.343 e. The monoisotopic (exact) mass is 300 g/mol. The highest BCUT2D eigenvalue weighted by atomic mass is 32.2. The van der Waals surface area contributed by atoms with Gasteiger partial charge in [0.2, 0.25) is 0 Å². The second-order valence-corrected chi connectivity index (χ2v) is 6.97. The second kappa shape index (κ2) is 4.74. The molecule has 2 aromatic rings. The van der Waals surface area contributed by atoms with Crippen LogP contribution in [0.5, 0.6) is 0 Å². The lowest BCUT2D eigenvalue weighted by Crippen LogP contribution is -2.12. The van der Waals surface area contributed by atoms with E-state index in [0.717, 1.165) is 6.26 Å². The summed E-state index contributed by atoms with van der Waals surface area (Å²) in [5.74, 6) is 0. The van der Waals surface area contributed by atoms with Crippen molar-refractivity contribution in [3.63, 3.8) is 0 Å². The maximum absolute atomic E-state index is 11.4. The standard InChI is InChI=1S/C10H12N4O3S2/c1-14-9(15)12-13-10(14)18-8-4-3-6(5-7(8)11)19(2,16)17/h3-5H,11H2,1-2H3,(H,12,15). The fourth-order valence-electron chi connectivity index (χ4n) is 1.37. The Morgan fingerprint density at radius 3 is 2.58 bits per heavy atom. The first-order chi connectivity index (χ1) is 8.79. The van der Waals surface area contributed by atoms with Gasteiger partial charge in [0.1, 0.15) is 0 Å². The average Bonchev–Trinajstić information content (AvgIpc) is 2.62. The van der Waals surface area contributed by atoms with Crippen molar-refractivity contribution in [1.29, 1.82) is 0 Å². The van der Waals surface area contributed by atoms with Crippen LogP contribution in [0.2, 0.25) is 0 Å². The summed E-state index contributed by atoms with van der Waals surface area (Å²) < 4.78 is 24.1. The molecule has 9 heteroatoms. The van der Waals surface area contributed by atoms with Gasteiger partial charge in [-0.1, -0.05) is 0 Å². The van der Waals surface area contributed by atoms with Crippen molar-refractivity contribution >= 4 is 27.3 Å². The first-order valence-electron chi connectivity index (χ1n) is 5.18. The molecule has 0 radical (unpaired) electrons. The van der Waals surface area contributed by atoms with Crippen LogP contribution in [0.25, 0.3) is 0 Å². The fraction of sp³-hybridized carbons (Fsp3) is 0.200. The third-order valence-corrected chi connectivity index (χ3v) is 4.70. The number of nitrogen functional groups attached to an aromatic ring is 1. The van der Waals surface area contributed by atoms with Crippen LogP contribution in [-0.2, 0) is 16.9 Å². The number of H-pyrrole nitrogens is 1. The molecule has 2 rings (SSSR count). The highest BCUT2D eigenvalue weighted by Crippen LogP contribution is 2.31. The van der Waals surface area contributed by atoms with Crippen molar-refractivity contribution in [2.75, 3.05) is 12.0 Å². The van der Waals surface area contributed by atoms with Crippen LogP contribution >= 0.6 is 11.8 Å². The predicted octanol–water partition coefficient (Wildman–Crippen LogP) is 0.245. The highest BCUT2D eigenvalue weighted by molar-refractivity contribution is 7.99. The molecular formula is C10H12N4O3S2. The molecule has 0 atom stereocenters. The van der Waals surface area contributed by atoms with E-state index >= 15 is 0 Å². The van der Waals surface area contributed by atoms with Crippen molar-refractivity contribution in [3.05, 3.63) is 28.7 Å². The fourth-order valence-corrected chi connectivity index (χ4v) is 2.85. The number of sulfone groups is 1. The molecular weight excluding hydrogens is 288 g/mol. The summed E-state index contributed by atoms with van der Waals surface area (Å²) in [6.07, 6.45) is 1.12. The molecule has 0 spiro atoms. The number of nitrogens with two attached hydrogens (primary N) is 1. The molecule has 0 unspecified atom stereocenters.